The van der Waals surface area contributed by atoms with Crippen LogP contribution < -0.4 is 5.32 Å². The fourth-order valence-corrected chi connectivity index (χ4v) is 6.83. The van der Waals surface area contributed by atoms with Gasteiger partial charge in [-0.05, 0) is 37.8 Å². The molecule has 0 radical (unpaired) electrons. The van der Waals surface area contributed by atoms with Crippen LogP contribution in [0.4, 0.5) is 5.69 Å². The van der Waals surface area contributed by atoms with E-state index in [4.69, 9.17) is 0 Å². The van der Waals surface area contributed by atoms with Gasteiger partial charge in [-0.3, -0.25) is 4.79 Å². The minimum Gasteiger partial charge on any atom is -0.320 e. The average Bonchev–Trinajstić information content (AvgIpc) is 3.34. The molecule has 2 heterocycles. The van der Waals surface area contributed by atoms with Crippen LogP contribution in [0, 0.1) is 6.92 Å². The molecule has 1 N–H and O–H groups in total. The third kappa shape index (κ3) is 5.74. The lowest BCUT2D eigenvalue weighted by Gasteiger charge is -2.30. The van der Waals surface area contributed by atoms with E-state index < -0.39 is 10.0 Å². The summed E-state index contributed by atoms with van der Waals surface area (Å²) in [6, 6.07) is 16.0. The smallest absolute Gasteiger partial charge is 0.275 e. The lowest BCUT2D eigenvalue weighted by atomic mass is 9.99. The molecule has 0 saturated carbocycles. The highest BCUT2D eigenvalue weighted by molar-refractivity contribution is 7.89. The van der Waals surface area contributed by atoms with E-state index in [1.165, 1.54) is 16.9 Å². The molecule has 0 atom stereocenters. The molecule has 0 bridgehead atoms. The minimum absolute atomic E-state index is 0.184. The fraction of sp³-hybridized carbons (Fsp3) is 0.385. The number of hydrogen-bond donors (Lipinski definition) is 1. The van der Waals surface area contributed by atoms with Crippen LogP contribution >= 0.6 is 11.3 Å². The lowest BCUT2D eigenvalue weighted by Crippen LogP contribution is -2.39. The first-order valence-electron chi connectivity index (χ1n) is 11.8. The number of hydrogen-bond acceptors (Lipinski definition) is 5. The van der Waals surface area contributed by atoms with Crippen LogP contribution in [0.5, 0.6) is 0 Å². The highest BCUT2D eigenvalue weighted by Gasteiger charge is 2.29. The van der Waals surface area contributed by atoms with Crippen molar-refractivity contribution in [3.05, 3.63) is 70.2 Å². The van der Waals surface area contributed by atoms with E-state index in [-0.39, 0.29) is 17.6 Å². The molecule has 4 rings (SSSR count). The van der Waals surface area contributed by atoms with Gasteiger partial charge in [-0.2, -0.15) is 0 Å². The zero-order valence-corrected chi connectivity index (χ0v) is 21.3. The predicted molar refractivity (Wildman–Crippen MR) is 139 cm³/mol. The molecule has 1 aliphatic heterocycles. The van der Waals surface area contributed by atoms with Crippen molar-refractivity contribution >= 4 is 33.0 Å². The van der Waals surface area contributed by atoms with Crippen molar-refractivity contribution in [3.63, 3.8) is 0 Å². The summed E-state index contributed by atoms with van der Waals surface area (Å²) in [6.07, 6.45) is 3.03. The van der Waals surface area contributed by atoms with Crippen LogP contribution in [-0.4, -0.2) is 42.5 Å². The van der Waals surface area contributed by atoms with Crippen LogP contribution in [0.15, 0.2) is 53.9 Å². The van der Waals surface area contributed by atoms with Crippen LogP contribution in [0.1, 0.15) is 59.6 Å². The number of benzene rings is 2. The Kier molecular flexibility index (Phi) is 7.80. The van der Waals surface area contributed by atoms with Gasteiger partial charge < -0.3 is 5.32 Å². The second-order valence-corrected chi connectivity index (χ2v) is 11.8. The quantitative estimate of drug-likeness (QED) is 0.434. The standard InChI is InChI=1S/C26H31N3O3S2/c1-3-4-17-34(31,32)29-15-13-21(14-16-29)26-28-24(18-33-26)25(30)27-23-8-6-5-7-22(23)20-11-9-19(2)10-12-20/h5-12,18,21H,3-4,13-17H2,1-2H3,(H,27,30). The first-order chi connectivity index (χ1) is 16.4. The Hall–Kier alpha value is -2.55. The molecule has 1 amide bonds. The molecule has 6 nitrogen and oxygen atoms in total. The Morgan fingerprint density at radius 3 is 2.53 bits per heavy atom. The zero-order chi connectivity index (χ0) is 24.1. The second-order valence-electron chi connectivity index (χ2n) is 8.78. The Labute approximate surface area is 206 Å². The van der Waals surface area contributed by atoms with Gasteiger partial charge >= 0.3 is 0 Å². The summed E-state index contributed by atoms with van der Waals surface area (Å²) >= 11 is 1.48. The van der Waals surface area contributed by atoms with Crippen molar-refractivity contribution in [1.82, 2.24) is 9.29 Å². The highest BCUT2D eigenvalue weighted by Crippen LogP contribution is 2.32. The largest absolute Gasteiger partial charge is 0.320 e. The average molecular weight is 498 g/mol. The Morgan fingerprint density at radius 2 is 1.82 bits per heavy atom. The maximum absolute atomic E-state index is 13.0. The number of anilines is 1. The molecule has 0 aliphatic carbocycles. The normalized spacial score (nSPS) is 15.4. The van der Waals surface area contributed by atoms with Crippen molar-refractivity contribution in [2.24, 2.45) is 0 Å². The maximum Gasteiger partial charge on any atom is 0.275 e. The summed E-state index contributed by atoms with van der Waals surface area (Å²) in [4.78, 5) is 17.6. The number of rotatable bonds is 8. The van der Waals surface area contributed by atoms with Crippen LogP contribution in [0.2, 0.25) is 0 Å². The lowest BCUT2D eigenvalue weighted by molar-refractivity contribution is 0.102. The van der Waals surface area contributed by atoms with E-state index in [9.17, 15) is 13.2 Å². The second kappa shape index (κ2) is 10.8. The molecule has 0 unspecified atom stereocenters. The van der Waals surface area contributed by atoms with Crippen LogP contribution in [0.25, 0.3) is 11.1 Å². The first-order valence-corrected chi connectivity index (χ1v) is 14.3. The van der Waals surface area contributed by atoms with Crippen molar-refractivity contribution in [1.29, 1.82) is 0 Å². The molecule has 1 saturated heterocycles. The Bertz CT molecular complexity index is 1230. The minimum atomic E-state index is -3.17. The Morgan fingerprint density at radius 1 is 1.12 bits per heavy atom. The number of piperidine rings is 1. The van der Waals surface area contributed by atoms with Crippen molar-refractivity contribution in [3.8, 4) is 11.1 Å². The van der Waals surface area contributed by atoms with E-state index in [1.807, 2.05) is 38.1 Å². The van der Waals surface area contributed by atoms with Gasteiger partial charge in [0.2, 0.25) is 10.0 Å². The summed E-state index contributed by atoms with van der Waals surface area (Å²) in [5, 5.41) is 5.72. The molecule has 34 heavy (non-hydrogen) atoms. The molecule has 180 valence electrons. The van der Waals surface area contributed by atoms with Gasteiger partial charge in [-0.1, -0.05) is 61.4 Å². The molecular weight excluding hydrogens is 466 g/mol. The van der Waals surface area contributed by atoms with Gasteiger partial charge in [0.25, 0.3) is 5.91 Å². The maximum atomic E-state index is 13.0. The van der Waals surface area contributed by atoms with Crippen LogP contribution in [0.3, 0.4) is 0 Å². The number of aryl methyl sites for hydroxylation is 1. The number of sulfonamides is 1. The third-order valence-corrected chi connectivity index (χ3v) is 9.21. The monoisotopic (exact) mass is 497 g/mol. The number of nitrogens with zero attached hydrogens (tertiary/aromatic N) is 2. The van der Waals surface area contributed by atoms with E-state index in [1.54, 1.807) is 9.69 Å². The summed E-state index contributed by atoms with van der Waals surface area (Å²) < 4.78 is 26.5. The van der Waals surface area contributed by atoms with Crippen molar-refractivity contribution in [2.45, 2.75) is 45.4 Å². The number of amides is 1. The number of carbonyl (C=O) groups excluding carboxylic acids is 1. The summed E-state index contributed by atoms with van der Waals surface area (Å²) in [5.74, 6) is 0.172. The first kappa shape index (κ1) is 24.6. The summed E-state index contributed by atoms with van der Waals surface area (Å²) in [5.41, 5.74) is 4.34. The number of aromatic nitrogens is 1. The molecule has 1 aliphatic rings. The van der Waals surface area contributed by atoms with Gasteiger partial charge in [-0.25, -0.2) is 17.7 Å². The van der Waals surface area contributed by atoms with Crippen molar-refractivity contribution in [2.75, 3.05) is 24.2 Å². The number of para-hydroxylation sites is 1. The van der Waals surface area contributed by atoms with E-state index >= 15 is 0 Å². The summed E-state index contributed by atoms with van der Waals surface area (Å²) in [7, 11) is -3.17. The zero-order valence-electron chi connectivity index (χ0n) is 19.7. The van der Waals surface area contributed by atoms with E-state index in [0.717, 1.165) is 41.1 Å². The molecule has 3 aromatic rings. The van der Waals surface area contributed by atoms with Gasteiger partial charge in [0.15, 0.2) is 0 Å². The number of thiazole rings is 1. The summed E-state index contributed by atoms with van der Waals surface area (Å²) in [6.45, 7) is 5.08. The number of nitrogens with one attached hydrogen (secondary N) is 1. The topological polar surface area (TPSA) is 79.4 Å². The van der Waals surface area contributed by atoms with Crippen molar-refractivity contribution < 1.29 is 13.2 Å². The number of carbonyl (C=O) groups is 1. The van der Waals surface area contributed by atoms with E-state index in [2.05, 4.69) is 34.6 Å². The number of unbranched alkanes of at least 4 members (excludes halogenated alkanes) is 1. The molecule has 1 fully saturated rings. The van der Waals surface area contributed by atoms with Gasteiger partial charge in [-0.15, -0.1) is 11.3 Å². The Balaban J connectivity index is 1.41. The van der Waals surface area contributed by atoms with Gasteiger partial charge in [0.1, 0.15) is 5.69 Å². The molecule has 8 heteroatoms. The SMILES string of the molecule is CCCCS(=O)(=O)N1CCC(c2nc(C(=O)Nc3ccccc3-c3ccc(C)cc3)cs2)CC1. The molecule has 0 spiro atoms. The molecule has 1 aromatic heterocycles. The fourth-order valence-electron chi connectivity index (χ4n) is 4.18. The third-order valence-electron chi connectivity index (χ3n) is 6.24. The van der Waals surface area contributed by atoms with Crippen LogP contribution in [-0.2, 0) is 10.0 Å². The van der Waals surface area contributed by atoms with Gasteiger partial charge in [0, 0.05) is 35.6 Å². The molecular formula is C26H31N3O3S2. The van der Waals surface area contributed by atoms with E-state index in [0.29, 0.717) is 25.2 Å². The predicted octanol–water partition coefficient (Wildman–Crippen LogP) is 5.68. The molecule has 2 aromatic carbocycles. The highest BCUT2D eigenvalue weighted by atomic mass is 32.2. The van der Waals surface area contributed by atoms with Gasteiger partial charge in [0.05, 0.1) is 10.8 Å².